The molecule has 2 heterocycles. The summed E-state index contributed by atoms with van der Waals surface area (Å²) in [5, 5.41) is 20.1. The van der Waals surface area contributed by atoms with E-state index in [-0.39, 0.29) is 10.4 Å². The average molecular weight is 246 g/mol. The monoisotopic (exact) mass is 245 g/mol. The van der Waals surface area contributed by atoms with Crippen molar-refractivity contribution in [2.45, 2.75) is 6.54 Å². The number of hydrogen-bond donors (Lipinski definition) is 2. The SMILES string of the molecule is Clc1nnc(Cl)c(NCc2cn[nH]n2)n1. The van der Waals surface area contributed by atoms with Crippen molar-refractivity contribution >= 4 is 29.0 Å². The number of aromatic amines is 1. The van der Waals surface area contributed by atoms with E-state index in [1.807, 2.05) is 0 Å². The second-order valence-electron chi connectivity index (χ2n) is 2.54. The van der Waals surface area contributed by atoms with Gasteiger partial charge in [0.1, 0.15) is 5.69 Å². The molecule has 0 unspecified atom stereocenters. The van der Waals surface area contributed by atoms with Crippen molar-refractivity contribution in [1.82, 2.24) is 30.6 Å². The fourth-order valence-corrected chi connectivity index (χ4v) is 1.16. The summed E-state index contributed by atoms with van der Waals surface area (Å²) in [5.41, 5.74) is 0.723. The van der Waals surface area contributed by atoms with Crippen molar-refractivity contribution in [2.75, 3.05) is 5.32 Å². The average Bonchev–Trinajstić information content (AvgIpc) is 2.72. The third kappa shape index (κ3) is 2.51. The van der Waals surface area contributed by atoms with Crippen LogP contribution in [-0.2, 0) is 6.54 Å². The number of nitrogens with zero attached hydrogens (tertiary/aromatic N) is 5. The number of nitrogens with one attached hydrogen (secondary N) is 2. The molecule has 0 aliphatic carbocycles. The zero-order chi connectivity index (χ0) is 10.7. The zero-order valence-corrected chi connectivity index (χ0v) is 8.79. The Balaban J connectivity index is 2.07. The Morgan fingerprint density at radius 3 is 2.93 bits per heavy atom. The van der Waals surface area contributed by atoms with E-state index in [2.05, 4.69) is 35.9 Å². The van der Waals surface area contributed by atoms with Crippen LogP contribution < -0.4 is 5.32 Å². The highest BCUT2D eigenvalue weighted by Crippen LogP contribution is 2.16. The molecule has 0 aliphatic heterocycles. The Bertz CT molecular complexity index is 443. The van der Waals surface area contributed by atoms with Crippen LogP contribution in [0.25, 0.3) is 0 Å². The quantitative estimate of drug-likeness (QED) is 0.836. The van der Waals surface area contributed by atoms with Crippen molar-refractivity contribution in [3.8, 4) is 0 Å². The lowest BCUT2D eigenvalue weighted by atomic mass is 10.5. The smallest absolute Gasteiger partial charge is 0.245 e. The minimum Gasteiger partial charge on any atom is -0.362 e. The van der Waals surface area contributed by atoms with Gasteiger partial charge in [0.25, 0.3) is 0 Å². The molecule has 78 valence electrons. The van der Waals surface area contributed by atoms with Crippen LogP contribution in [0.2, 0.25) is 10.4 Å². The van der Waals surface area contributed by atoms with Crippen LogP contribution in [0.15, 0.2) is 6.20 Å². The summed E-state index contributed by atoms with van der Waals surface area (Å²) in [5.74, 6) is 0.361. The van der Waals surface area contributed by atoms with Gasteiger partial charge in [-0.1, -0.05) is 11.6 Å². The number of rotatable bonds is 3. The van der Waals surface area contributed by atoms with Gasteiger partial charge < -0.3 is 5.32 Å². The van der Waals surface area contributed by atoms with Crippen molar-refractivity contribution < 1.29 is 0 Å². The van der Waals surface area contributed by atoms with E-state index in [0.29, 0.717) is 12.4 Å². The van der Waals surface area contributed by atoms with Crippen molar-refractivity contribution in [3.63, 3.8) is 0 Å². The van der Waals surface area contributed by atoms with E-state index >= 15 is 0 Å². The molecule has 0 bridgehead atoms. The van der Waals surface area contributed by atoms with Gasteiger partial charge >= 0.3 is 0 Å². The minimum absolute atomic E-state index is 0.0297. The standard InChI is InChI=1S/C6H5Cl2N7/c7-4-5(11-6(8)14-13-4)9-1-3-2-10-15-12-3/h2H,1H2,(H,9,11,14)(H,10,12,15). The van der Waals surface area contributed by atoms with Gasteiger partial charge in [-0.25, -0.2) is 0 Å². The highest BCUT2D eigenvalue weighted by atomic mass is 35.5. The second kappa shape index (κ2) is 4.37. The lowest BCUT2D eigenvalue weighted by Gasteiger charge is -2.03. The van der Waals surface area contributed by atoms with Crippen molar-refractivity contribution in [2.24, 2.45) is 0 Å². The summed E-state index contributed by atoms with van der Waals surface area (Å²) >= 11 is 11.3. The van der Waals surface area contributed by atoms with Crippen molar-refractivity contribution in [3.05, 3.63) is 22.3 Å². The molecule has 0 saturated carbocycles. The minimum atomic E-state index is 0.0297. The summed E-state index contributed by atoms with van der Waals surface area (Å²) in [6.45, 7) is 0.422. The van der Waals surface area contributed by atoms with E-state index in [9.17, 15) is 0 Å². The first-order valence-electron chi connectivity index (χ1n) is 3.90. The van der Waals surface area contributed by atoms with Crippen LogP contribution in [-0.4, -0.2) is 30.6 Å². The molecule has 0 spiro atoms. The summed E-state index contributed by atoms with van der Waals surface area (Å²) in [6.07, 6.45) is 1.58. The largest absolute Gasteiger partial charge is 0.362 e. The first-order valence-corrected chi connectivity index (χ1v) is 4.65. The Labute approximate surface area is 94.2 Å². The van der Waals surface area contributed by atoms with E-state index in [4.69, 9.17) is 23.2 Å². The van der Waals surface area contributed by atoms with Gasteiger partial charge in [-0.2, -0.15) is 20.4 Å². The number of halogens is 2. The normalized spacial score (nSPS) is 10.3. The molecule has 0 aliphatic rings. The molecule has 7 nitrogen and oxygen atoms in total. The van der Waals surface area contributed by atoms with E-state index in [1.54, 1.807) is 6.20 Å². The van der Waals surface area contributed by atoms with Crippen LogP contribution >= 0.6 is 23.2 Å². The second-order valence-corrected chi connectivity index (χ2v) is 3.23. The highest BCUT2D eigenvalue weighted by Gasteiger charge is 2.05. The fraction of sp³-hybridized carbons (Fsp3) is 0.167. The van der Waals surface area contributed by atoms with Crippen LogP contribution in [0.5, 0.6) is 0 Å². The molecule has 9 heteroatoms. The van der Waals surface area contributed by atoms with Gasteiger partial charge in [-0.3, -0.25) is 0 Å². The van der Waals surface area contributed by atoms with Gasteiger partial charge in [-0.15, -0.1) is 10.2 Å². The predicted molar refractivity (Wildman–Crippen MR) is 53.6 cm³/mol. The molecular weight excluding hydrogens is 241 g/mol. The van der Waals surface area contributed by atoms with Gasteiger partial charge in [0.05, 0.1) is 12.7 Å². The Hall–Kier alpha value is -1.47. The number of aromatic nitrogens is 6. The zero-order valence-electron chi connectivity index (χ0n) is 7.28. The lowest BCUT2D eigenvalue weighted by molar-refractivity contribution is 0.903. The van der Waals surface area contributed by atoms with Gasteiger partial charge in [0.2, 0.25) is 5.28 Å². The molecule has 0 fully saturated rings. The van der Waals surface area contributed by atoms with Gasteiger partial charge in [0.15, 0.2) is 11.0 Å². The molecule has 0 amide bonds. The molecule has 0 aromatic carbocycles. The number of H-pyrrole nitrogens is 1. The molecule has 2 N–H and O–H groups in total. The number of hydrogen-bond acceptors (Lipinski definition) is 6. The van der Waals surface area contributed by atoms with Crippen LogP contribution in [0.3, 0.4) is 0 Å². The maximum atomic E-state index is 5.74. The van der Waals surface area contributed by atoms with E-state index < -0.39 is 0 Å². The maximum absolute atomic E-state index is 5.74. The molecular formula is C6H5Cl2N7. The van der Waals surface area contributed by atoms with E-state index in [1.165, 1.54) is 0 Å². The predicted octanol–water partition coefficient (Wildman–Crippen LogP) is 0.909. The lowest BCUT2D eigenvalue weighted by Crippen LogP contribution is -2.04. The fourth-order valence-electron chi connectivity index (χ4n) is 0.891. The topological polar surface area (TPSA) is 92.3 Å². The van der Waals surface area contributed by atoms with Crippen LogP contribution in [0, 0.1) is 0 Å². The maximum Gasteiger partial charge on any atom is 0.245 e. The van der Waals surface area contributed by atoms with Crippen LogP contribution in [0.1, 0.15) is 5.69 Å². The number of anilines is 1. The molecule has 15 heavy (non-hydrogen) atoms. The Kier molecular flexibility index (Phi) is 2.93. The molecule has 2 rings (SSSR count). The Morgan fingerprint density at radius 2 is 2.20 bits per heavy atom. The molecule has 0 atom stereocenters. The molecule has 2 aromatic heterocycles. The van der Waals surface area contributed by atoms with Gasteiger partial charge in [0, 0.05) is 0 Å². The molecule has 0 saturated heterocycles. The highest BCUT2D eigenvalue weighted by molar-refractivity contribution is 6.32. The van der Waals surface area contributed by atoms with E-state index in [0.717, 1.165) is 5.69 Å². The summed E-state index contributed by atoms with van der Waals surface area (Å²) in [7, 11) is 0. The Morgan fingerprint density at radius 1 is 1.33 bits per heavy atom. The van der Waals surface area contributed by atoms with Crippen LogP contribution in [0.4, 0.5) is 5.82 Å². The summed E-state index contributed by atoms with van der Waals surface area (Å²) in [6, 6.07) is 0. The molecule has 2 aromatic rings. The third-order valence-electron chi connectivity index (χ3n) is 1.52. The third-order valence-corrected chi connectivity index (χ3v) is 1.94. The van der Waals surface area contributed by atoms with Crippen molar-refractivity contribution in [1.29, 1.82) is 0 Å². The van der Waals surface area contributed by atoms with Gasteiger partial charge in [-0.05, 0) is 11.6 Å². The first kappa shape index (κ1) is 10.1. The summed E-state index contributed by atoms with van der Waals surface area (Å²) in [4.78, 5) is 3.86. The first-order chi connectivity index (χ1) is 7.25. The molecule has 0 radical (unpaired) electrons. The summed E-state index contributed by atoms with van der Waals surface area (Å²) < 4.78 is 0.